The third-order valence-corrected chi connectivity index (χ3v) is 4.50. The number of nitrogens with one attached hydrogen (secondary N) is 2. The Labute approximate surface area is 163 Å². The fourth-order valence-electron chi connectivity index (χ4n) is 1.98. The van der Waals surface area contributed by atoms with Gasteiger partial charge in [-0.3, -0.25) is 9.59 Å². The van der Waals surface area contributed by atoms with Crippen molar-refractivity contribution in [3.63, 3.8) is 0 Å². The molecule has 5 nitrogen and oxygen atoms in total. The van der Waals surface area contributed by atoms with Gasteiger partial charge in [-0.15, -0.1) is 0 Å². The standard InChI is InChI=1S/C16H12Cl4N2O3/c17-8-1-2-9(12(19)7-8)16(25)22-14-10(15(24)21-5-6-23)3-4-11(18)13(14)20/h1-4,7,23H,5-6H2,(H,21,24)(H,22,25). The number of halogens is 4. The molecule has 0 bridgehead atoms. The molecule has 0 heterocycles. The van der Waals surface area contributed by atoms with E-state index in [9.17, 15) is 9.59 Å². The Hall–Kier alpha value is -1.50. The second-order valence-corrected chi connectivity index (χ2v) is 6.47. The molecule has 2 aromatic rings. The molecule has 0 saturated heterocycles. The maximum absolute atomic E-state index is 12.5. The Morgan fingerprint density at radius 3 is 2.24 bits per heavy atom. The summed E-state index contributed by atoms with van der Waals surface area (Å²) in [6.07, 6.45) is 0. The molecule has 2 aromatic carbocycles. The first-order valence-corrected chi connectivity index (χ1v) is 8.49. The minimum atomic E-state index is -0.581. The molecule has 0 aliphatic carbocycles. The molecule has 0 fully saturated rings. The number of carbonyl (C=O) groups is 2. The van der Waals surface area contributed by atoms with Gasteiger partial charge in [-0.1, -0.05) is 46.4 Å². The average molecular weight is 422 g/mol. The predicted octanol–water partition coefficient (Wildman–Crippen LogP) is 4.27. The zero-order chi connectivity index (χ0) is 18.6. The van der Waals surface area contributed by atoms with Crippen LogP contribution >= 0.6 is 46.4 Å². The van der Waals surface area contributed by atoms with Gasteiger partial charge in [-0.05, 0) is 30.3 Å². The average Bonchev–Trinajstić information content (AvgIpc) is 2.56. The Morgan fingerprint density at radius 1 is 0.920 bits per heavy atom. The van der Waals surface area contributed by atoms with E-state index < -0.39 is 11.8 Å². The van der Waals surface area contributed by atoms with Crippen LogP contribution in [0.3, 0.4) is 0 Å². The molecule has 2 rings (SSSR count). The van der Waals surface area contributed by atoms with Gasteiger partial charge in [0.15, 0.2) is 0 Å². The van der Waals surface area contributed by atoms with Gasteiger partial charge >= 0.3 is 0 Å². The Morgan fingerprint density at radius 2 is 1.60 bits per heavy atom. The fraction of sp³-hybridized carbons (Fsp3) is 0.125. The molecule has 0 aromatic heterocycles. The van der Waals surface area contributed by atoms with E-state index in [4.69, 9.17) is 51.5 Å². The van der Waals surface area contributed by atoms with Gasteiger partial charge in [0.05, 0.1) is 38.5 Å². The van der Waals surface area contributed by atoms with Crippen molar-refractivity contribution in [2.45, 2.75) is 0 Å². The van der Waals surface area contributed by atoms with Crippen molar-refractivity contribution >= 4 is 63.9 Å². The molecule has 0 unspecified atom stereocenters. The first-order valence-electron chi connectivity index (χ1n) is 6.98. The Balaban J connectivity index is 2.38. The van der Waals surface area contributed by atoms with Crippen LogP contribution in [0.5, 0.6) is 0 Å². The molecule has 0 spiro atoms. The van der Waals surface area contributed by atoms with Crippen molar-refractivity contribution in [1.29, 1.82) is 0 Å². The number of hydrogen-bond donors (Lipinski definition) is 3. The van der Waals surface area contributed by atoms with Gasteiger partial charge in [-0.25, -0.2) is 0 Å². The summed E-state index contributed by atoms with van der Waals surface area (Å²) in [5.74, 6) is -1.10. The molecule has 0 atom stereocenters. The molecular weight excluding hydrogens is 410 g/mol. The van der Waals surface area contributed by atoms with Gasteiger partial charge < -0.3 is 15.7 Å². The van der Waals surface area contributed by atoms with E-state index in [2.05, 4.69) is 10.6 Å². The zero-order valence-electron chi connectivity index (χ0n) is 12.6. The number of aliphatic hydroxyl groups is 1. The Bertz CT molecular complexity index is 827. The minimum absolute atomic E-state index is 0.0109. The molecule has 0 aliphatic heterocycles. The van der Waals surface area contributed by atoms with Crippen LogP contribution in [0.4, 0.5) is 5.69 Å². The van der Waals surface area contributed by atoms with Gasteiger partial charge in [-0.2, -0.15) is 0 Å². The summed E-state index contributed by atoms with van der Waals surface area (Å²) in [5, 5.41) is 14.6. The van der Waals surface area contributed by atoms with Gasteiger partial charge in [0.2, 0.25) is 0 Å². The lowest BCUT2D eigenvalue weighted by atomic mass is 10.1. The second-order valence-electron chi connectivity index (χ2n) is 4.84. The Kier molecular flexibility index (Phi) is 6.93. The van der Waals surface area contributed by atoms with Crippen LogP contribution in [-0.4, -0.2) is 30.1 Å². The monoisotopic (exact) mass is 420 g/mol. The summed E-state index contributed by atoms with van der Waals surface area (Å²) < 4.78 is 0. The molecule has 132 valence electrons. The fourth-order valence-corrected chi connectivity index (χ4v) is 2.85. The van der Waals surface area contributed by atoms with Crippen LogP contribution in [-0.2, 0) is 0 Å². The summed E-state index contributed by atoms with van der Waals surface area (Å²) in [4.78, 5) is 24.7. The van der Waals surface area contributed by atoms with E-state index in [0.29, 0.717) is 5.02 Å². The van der Waals surface area contributed by atoms with E-state index in [-0.39, 0.29) is 45.0 Å². The van der Waals surface area contributed by atoms with Crippen molar-refractivity contribution in [3.8, 4) is 0 Å². The number of anilines is 1. The zero-order valence-corrected chi connectivity index (χ0v) is 15.6. The van der Waals surface area contributed by atoms with E-state index in [1.54, 1.807) is 0 Å². The number of hydrogen-bond acceptors (Lipinski definition) is 3. The number of amides is 2. The SMILES string of the molecule is O=C(Nc1c(C(=O)NCCO)ccc(Cl)c1Cl)c1ccc(Cl)cc1Cl. The summed E-state index contributed by atoms with van der Waals surface area (Å²) >= 11 is 24.0. The van der Waals surface area contributed by atoms with Crippen molar-refractivity contribution < 1.29 is 14.7 Å². The minimum Gasteiger partial charge on any atom is -0.395 e. The lowest BCUT2D eigenvalue weighted by molar-refractivity contribution is 0.0945. The third kappa shape index (κ3) is 4.77. The van der Waals surface area contributed by atoms with Crippen LogP contribution in [0.15, 0.2) is 30.3 Å². The molecule has 0 saturated carbocycles. The van der Waals surface area contributed by atoms with Crippen LogP contribution in [0.2, 0.25) is 20.1 Å². The van der Waals surface area contributed by atoms with Crippen LogP contribution < -0.4 is 10.6 Å². The highest BCUT2D eigenvalue weighted by Crippen LogP contribution is 2.34. The van der Waals surface area contributed by atoms with Crippen molar-refractivity contribution in [2.24, 2.45) is 0 Å². The van der Waals surface area contributed by atoms with E-state index >= 15 is 0 Å². The molecule has 0 aliphatic rings. The summed E-state index contributed by atoms with van der Waals surface area (Å²) in [6, 6.07) is 7.23. The molecule has 0 radical (unpaired) electrons. The predicted molar refractivity (Wildman–Crippen MR) is 100 cm³/mol. The summed E-state index contributed by atoms with van der Waals surface area (Å²) in [5.41, 5.74) is 0.297. The lowest BCUT2D eigenvalue weighted by Crippen LogP contribution is -2.28. The third-order valence-electron chi connectivity index (χ3n) is 3.15. The first kappa shape index (κ1) is 19.8. The maximum Gasteiger partial charge on any atom is 0.257 e. The normalized spacial score (nSPS) is 10.4. The van der Waals surface area contributed by atoms with Gasteiger partial charge in [0.25, 0.3) is 11.8 Å². The number of rotatable bonds is 5. The molecule has 2 amide bonds. The smallest absolute Gasteiger partial charge is 0.257 e. The van der Waals surface area contributed by atoms with Crippen LogP contribution in [0.1, 0.15) is 20.7 Å². The van der Waals surface area contributed by atoms with Crippen molar-refractivity contribution in [2.75, 3.05) is 18.5 Å². The van der Waals surface area contributed by atoms with Gasteiger partial charge in [0.1, 0.15) is 0 Å². The van der Waals surface area contributed by atoms with Crippen LogP contribution in [0, 0.1) is 0 Å². The lowest BCUT2D eigenvalue weighted by Gasteiger charge is -2.14. The van der Waals surface area contributed by atoms with Crippen molar-refractivity contribution in [3.05, 3.63) is 61.5 Å². The van der Waals surface area contributed by atoms with Crippen molar-refractivity contribution in [1.82, 2.24) is 5.32 Å². The number of benzene rings is 2. The summed E-state index contributed by atoms with van der Waals surface area (Å²) in [6.45, 7) is -0.176. The first-order chi connectivity index (χ1) is 11.8. The quantitative estimate of drug-likeness (QED) is 0.674. The molecule has 25 heavy (non-hydrogen) atoms. The molecule has 9 heteroatoms. The van der Waals surface area contributed by atoms with Gasteiger partial charge in [0, 0.05) is 11.6 Å². The largest absolute Gasteiger partial charge is 0.395 e. The molecule has 3 N–H and O–H groups in total. The molecular formula is C16H12Cl4N2O3. The topological polar surface area (TPSA) is 78.4 Å². The highest BCUT2D eigenvalue weighted by atomic mass is 35.5. The van der Waals surface area contributed by atoms with E-state index in [1.165, 1.54) is 30.3 Å². The van der Waals surface area contributed by atoms with Crippen LogP contribution in [0.25, 0.3) is 0 Å². The highest BCUT2D eigenvalue weighted by molar-refractivity contribution is 6.45. The maximum atomic E-state index is 12.5. The number of carbonyl (C=O) groups excluding carboxylic acids is 2. The summed E-state index contributed by atoms with van der Waals surface area (Å²) in [7, 11) is 0. The van der Waals surface area contributed by atoms with E-state index in [1.807, 2.05) is 0 Å². The number of aliphatic hydroxyl groups excluding tert-OH is 1. The second kappa shape index (κ2) is 8.74. The van der Waals surface area contributed by atoms with E-state index in [0.717, 1.165) is 0 Å². The highest BCUT2D eigenvalue weighted by Gasteiger charge is 2.20.